The van der Waals surface area contributed by atoms with E-state index in [4.69, 9.17) is 0 Å². The largest absolute Gasteiger partial charge is 0.361 e. The number of hydrogen-bond acceptors (Lipinski definition) is 1. The molecule has 3 nitrogen and oxygen atoms in total. The van der Waals surface area contributed by atoms with Gasteiger partial charge in [-0.3, -0.25) is 4.79 Å². The number of benzene rings is 1. The topological polar surface area (TPSA) is 36.1 Å². The minimum absolute atomic E-state index is 0.171. The first-order valence-corrected chi connectivity index (χ1v) is 7.05. The summed E-state index contributed by atoms with van der Waals surface area (Å²) in [7, 11) is 0. The second kappa shape index (κ2) is 4.72. The first-order valence-electron chi connectivity index (χ1n) is 7.05. The molecule has 3 rings (SSSR count). The van der Waals surface area contributed by atoms with Crippen LogP contribution in [0.4, 0.5) is 0 Å². The number of amides is 1. The second-order valence-corrected chi connectivity index (χ2v) is 5.60. The van der Waals surface area contributed by atoms with Crippen LogP contribution in [-0.2, 0) is 0 Å². The molecule has 1 aliphatic heterocycles. The molecule has 2 heterocycles. The van der Waals surface area contributed by atoms with E-state index < -0.39 is 0 Å². The van der Waals surface area contributed by atoms with Gasteiger partial charge in [-0.05, 0) is 43.9 Å². The summed E-state index contributed by atoms with van der Waals surface area (Å²) in [6, 6.07) is 8.21. The van der Waals surface area contributed by atoms with E-state index in [1.165, 1.54) is 6.42 Å². The maximum Gasteiger partial charge on any atom is 0.254 e. The Morgan fingerprint density at radius 3 is 3.00 bits per heavy atom. The molecular formula is C16H20N2O. The van der Waals surface area contributed by atoms with Crippen molar-refractivity contribution < 1.29 is 4.79 Å². The van der Waals surface area contributed by atoms with Gasteiger partial charge >= 0.3 is 0 Å². The minimum atomic E-state index is 0.171. The summed E-state index contributed by atoms with van der Waals surface area (Å²) in [5.41, 5.74) is 1.85. The highest BCUT2D eigenvalue weighted by Crippen LogP contribution is 2.26. The Morgan fingerprint density at radius 2 is 2.16 bits per heavy atom. The molecular weight excluding hydrogens is 236 g/mol. The number of likely N-dealkylation sites (tertiary alicyclic amines) is 1. The third-order valence-electron chi connectivity index (χ3n) is 4.46. The molecule has 1 aromatic heterocycles. The SMILES string of the molecule is CC1CCCN(C(=O)c2cccc3[nH]ccc23)C1C. The van der Waals surface area contributed by atoms with Gasteiger partial charge in [-0.15, -0.1) is 0 Å². The molecule has 3 heteroatoms. The van der Waals surface area contributed by atoms with Crippen molar-refractivity contribution in [3.05, 3.63) is 36.0 Å². The van der Waals surface area contributed by atoms with Crippen LogP contribution in [-0.4, -0.2) is 28.4 Å². The molecule has 0 spiro atoms. The van der Waals surface area contributed by atoms with E-state index in [2.05, 4.69) is 18.8 Å². The Morgan fingerprint density at radius 1 is 1.32 bits per heavy atom. The molecule has 19 heavy (non-hydrogen) atoms. The molecule has 1 amide bonds. The fourth-order valence-corrected chi connectivity index (χ4v) is 3.05. The van der Waals surface area contributed by atoms with Crippen molar-refractivity contribution in [1.82, 2.24) is 9.88 Å². The number of piperidine rings is 1. The summed E-state index contributed by atoms with van der Waals surface area (Å²) in [6.45, 7) is 5.28. The molecule has 2 aromatic rings. The summed E-state index contributed by atoms with van der Waals surface area (Å²) in [4.78, 5) is 18.0. The molecule has 2 unspecified atom stereocenters. The highest BCUT2D eigenvalue weighted by Gasteiger charge is 2.29. The first kappa shape index (κ1) is 12.3. The lowest BCUT2D eigenvalue weighted by atomic mass is 9.91. The Balaban J connectivity index is 1.97. The van der Waals surface area contributed by atoms with Crippen LogP contribution in [0.3, 0.4) is 0 Å². The van der Waals surface area contributed by atoms with E-state index >= 15 is 0 Å². The van der Waals surface area contributed by atoms with Gasteiger partial charge in [0.1, 0.15) is 0 Å². The van der Waals surface area contributed by atoms with E-state index in [0.717, 1.165) is 29.4 Å². The van der Waals surface area contributed by atoms with Gasteiger partial charge < -0.3 is 9.88 Å². The predicted octanol–water partition coefficient (Wildman–Crippen LogP) is 3.43. The van der Waals surface area contributed by atoms with E-state index in [1.807, 2.05) is 35.4 Å². The molecule has 0 aliphatic carbocycles. The number of rotatable bonds is 1. The lowest BCUT2D eigenvalue weighted by Gasteiger charge is -2.38. The van der Waals surface area contributed by atoms with Crippen LogP contribution < -0.4 is 0 Å². The summed E-state index contributed by atoms with van der Waals surface area (Å²) in [5.74, 6) is 0.757. The van der Waals surface area contributed by atoms with E-state index in [9.17, 15) is 4.79 Å². The minimum Gasteiger partial charge on any atom is -0.361 e. The highest BCUT2D eigenvalue weighted by atomic mass is 16.2. The maximum absolute atomic E-state index is 12.8. The number of hydrogen-bond donors (Lipinski definition) is 1. The van der Waals surface area contributed by atoms with E-state index in [0.29, 0.717) is 12.0 Å². The van der Waals surface area contributed by atoms with Crippen LogP contribution in [0.2, 0.25) is 0 Å². The van der Waals surface area contributed by atoms with Crippen LogP contribution in [0, 0.1) is 5.92 Å². The number of carbonyl (C=O) groups is 1. The molecule has 1 aromatic carbocycles. The molecule has 0 radical (unpaired) electrons. The lowest BCUT2D eigenvalue weighted by molar-refractivity contribution is 0.0553. The molecule has 1 N–H and O–H groups in total. The van der Waals surface area contributed by atoms with Gasteiger partial charge in [-0.2, -0.15) is 0 Å². The van der Waals surface area contributed by atoms with Gasteiger partial charge in [-0.1, -0.05) is 13.0 Å². The van der Waals surface area contributed by atoms with Crippen LogP contribution in [0.5, 0.6) is 0 Å². The Hall–Kier alpha value is -1.77. The average Bonchev–Trinajstić information content (AvgIpc) is 2.89. The monoisotopic (exact) mass is 256 g/mol. The van der Waals surface area contributed by atoms with Gasteiger partial charge in [0, 0.05) is 35.2 Å². The standard InChI is InChI=1S/C16H20N2O/c1-11-5-4-10-18(12(11)2)16(19)14-6-3-7-15-13(14)8-9-17-15/h3,6-9,11-12,17H,4-5,10H2,1-2H3. The van der Waals surface area contributed by atoms with Crippen molar-refractivity contribution in [3.8, 4) is 0 Å². The number of fused-ring (bicyclic) bond motifs is 1. The van der Waals surface area contributed by atoms with Crippen LogP contribution in [0.15, 0.2) is 30.5 Å². The number of H-pyrrole nitrogens is 1. The summed E-state index contributed by atoms with van der Waals surface area (Å²) in [6.07, 6.45) is 4.23. The normalized spacial score (nSPS) is 23.8. The third kappa shape index (κ3) is 2.03. The van der Waals surface area contributed by atoms with Crippen LogP contribution in [0.1, 0.15) is 37.0 Å². The quantitative estimate of drug-likeness (QED) is 0.833. The Bertz CT molecular complexity index is 602. The molecule has 1 fully saturated rings. The predicted molar refractivity (Wildman–Crippen MR) is 77.2 cm³/mol. The first-order chi connectivity index (χ1) is 9.18. The van der Waals surface area contributed by atoms with Gasteiger partial charge in [0.05, 0.1) is 0 Å². The van der Waals surface area contributed by atoms with Crippen molar-refractivity contribution in [2.24, 2.45) is 5.92 Å². The van der Waals surface area contributed by atoms with Crippen molar-refractivity contribution in [1.29, 1.82) is 0 Å². The van der Waals surface area contributed by atoms with Gasteiger partial charge in [0.2, 0.25) is 0 Å². The number of nitrogens with one attached hydrogen (secondary N) is 1. The zero-order valence-electron chi connectivity index (χ0n) is 11.5. The molecule has 1 aliphatic rings. The summed E-state index contributed by atoms with van der Waals surface area (Å²) >= 11 is 0. The number of aromatic amines is 1. The van der Waals surface area contributed by atoms with Crippen molar-refractivity contribution in [2.75, 3.05) is 6.54 Å². The van der Waals surface area contributed by atoms with Crippen LogP contribution in [0.25, 0.3) is 10.9 Å². The van der Waals surface area contributed by atoms with Gasteiger partial charge in [-0.25, -0.2) is 0 Å². The lowest BCUT2D eigenvalue weighted by Crippen LogP contribution is -2.46. The van der Waals surface area contributed by atoms with Gasteiger partial charge in [0.25, 0.3) is 5.91 Å². The fourth-order valence-electron chi connectivity index (χ4n) is 3.05. The van der Waals surface area contributed by atoms with Gasteiger partial charge in [0.15, 0.2) is 0 Å². The van der Waals surface area contributed by atoms with Crippen molar-refractivity contribution >= 4 is 16.8 Å². The zero-order valence-corrected chi connectivity index (χ0v) is 11.5. The van der Waals surface area contributed by atoms with E-state index in [1.54, 1.807) is 0 Å². The molecule has 100 valence electrons. The third-order valence-corrected chi connectivity index (χ3v) is 4.46. The Kier molecular flexibility index (Phi) is 3.05. The second-order valence-electron chi connectivity index (χ2n) is 5.60. The fraction of sp³-hybridized carbons (Fsp3) is 0.438. The van der Waals surface area contributed by atoms with Crippen LogP contribution >= 0.6 is 0 Å². The molecule has 0 saturated carbocycles. The Labute approximate surface area is 113 Å². The molecule has 2 atom stereocenters. The summed E-state index contributed by atoms with van der Waals surface area (Å²) < 4.78 is 0. The smallest absolute Gasteiger partial charge is 0.254 e. The van der Waals surface area contributed by atoms with Crippen molar-refractivity contribution in [2.45, 2.75) is 32.7 Å². The van der Waals surface area contributed by atoms with E-state index in [-0.39, 0.29) is 5.91 Å². The maximum atomic E-state index is 12.8. The number of aromatic nitrogens is 1. The van der Waals surface area contributed by atoms with Crippen molar-refractivity contribution in [3.63, 3.8) is 0 Å². The number of nitrogens with zero attached hydrogens (tertiary/aromatic N) is 1. The number of carbonyl (C=O) groups excluding carboxylic acids is 1. The zero-order chi connectivity index (χ0) is 13.4. The highest BCUT2D eigenvalue weighted by molar-refractivity contribution is 6.06. The summed E-state index contributed by atoms with van der Waals surface area (Å²) in [5, 5.41) is 1.03. The molecule has 0 bridgehead atoms. The molecule has 1 saturated heterocycles. The average molecular weight is 256 g/mol.